The molecule has 37 heavy (non-hydrogen) atoms. The Labute approximate surface area is 222 Å². The maximum atomic E-state index is 13.7. The van der Waals surface area contributed by atoms with Crippen LogP contribution in [-0.4, -0.2) is 55.0 Å². The number of piperazine rings is 1. The molecule has 1 fully saturated rings. The third-order valence-electron chi connectivity index (χ3n) is 7.37. The number of nitrogens with one attached hydrogen (secondary N) is 2. The van der Waals surface area contributed by atoms with Crippen LogP contribution in [0.4, 0.5) is 5.69 Å². The Bertz CT molecular complexity index is 1240. The summed E-state index contributed by atoms with van der Waals surface area (Å²) in [4.78, 5) is 28.7. The Hall–Kier alpha value is -3.23. The lowest BCUT2D eigenvalue weighted by molar-refractivity contribution is -0.138. The Morgan fingerprint density at radius 1 is 0.973 bits per heavy atom. The van der Waals surface area contributed by atoms with Gasteiger partial charge in [0.2, 0.25) is 11.8 Å². The van der Waals surface area contributed by atoms with Crippen LogP contribution in [0.2, 0.25) is 5.02 Å². The maximum absolute atomic E-state index is 13.7. The molecule has 2 aliphatic rings. The first-order valence-corrected chi connectivity index (χ1v) is 13.1. The van der Waals surface area contributed by atoms with E-state index in [1.165, 1.54) is 5.56 Å². The van der Waals surface area contributed by atoms with Gasteiger partial charge >= 0.3 is 0 Å². The Balaban J connectivity index is 1.29. The van der Waals surface area contributed by atoms with Crippen LogP contribution >= 0.6 is 11.6 Å². The smallest absolute Gasteiger partial charge is 0.245 e. The van der Waals surface area contributed by atoms with Crippen LogP contribution in [-0.2, 0) is 29.0 Å². The molecule has 0 bridgehead atoms. The van der Waals surface area contributed by atoms with Gasteiger partial charge < -0.3 is 25.4 Å². The van der Waals surface area contributed by atoms with E-state index < -0.39 is 16.7 Å². The number of carbonyl (C=O) groups is 2. The topological polar surface area (TPSA) is 84.5 Å². The fraction of sp³-hybridized carbons (Fsp3) is 0.310. The Morgan fingerprint density at radius 3 is 2.32 bits per heavy atom. The number of hydrogen-bond donors (Lipinski definition) is 2. The van der Waals surface area contributed by atoms with Gasteiger partial charge in [-0.1, -0.05) is 66.2 Å². The lowest BCUT2D eigenvalue weighted by atomic mass is 9.95. The highest BCUT2D eigenvalue weighted by Gasteiger charge is 2.35. The molecule has 2 atom stereocenters. The predicted molar refractivity (Wildman–Crippen MR) is 146 cm³/mol. The average molecular weight is 519 g/mol. The van der Waals surface area contributed by atoms with E-state index in [1.807, 2.05) is 60.7 Å². The molecule has 3 aromatic rings. The first-order valence-electron chi connectivity index (χ1n) is 12.7. The normalized spacial score (nSPS) is 19.5. The van der Waals surface area contributed by atoms with Crippen molar-refractivity contribution in [3.8, 4) is 0 Å². The Kier molecular flexibility index (Phi) is 7.58. The second kappa shape index (κ2) is 11.0. The van der Waals surface area contributed by atoms with E-state index >= 15 is 0 Å². The molecule has 0 aliphatic carbocycles. The molecule has 2 heterocycles. The average Bonchev–Trinajstić information content (AvgIpc) is 2.94. The quantitative estimate of drug-likeness (QED) is 0.387. The fourth-order valence-corrected chi connectivity index (χ4v) is 5.28. The summed E-state index contributed by atoms with van der Waals surface area (Å²) in [5, 5.41) is 20.3. The SMILES string of the molecule is O=C(N[C@H](Cc1ccc(Cl)cc1)C(=O)N1CC[N+]([O-])(c2ccccc2)CC1)[C@H]1Cc2ccccc2CN1. The summed E-state index contributed by atoms with van der Waals surface area (Å²) in [6.45, 7) is 1.83. The number of fused-ring (bicyclic) bond motifs is 1. The number of nitrogens with zero attached hydrogens (tertiary/aromatic N) is 2. The number of hydroxylamine groups is 2. The van der Waals surface area contributed by atoms with Crippen molar-refractivity contribution in [2.75, 3.05) is 26.2 Å². The van der Waals surface area contributed by atoms with Crippen LogP contribution in [0, 0.1) is 5.21 Å². The zero-order valence-corrected chi connectivity index (χ0v) is 21.4. The van der Waals surface area contributed by atoms with Crippen LogP contribution in [0.25, 0.3) is 0 Å². The van der Waals surface area contributed by atoms with Crippen molar-refractivity contribution in [3.05, 3.63) is 106 Å². The second-order valence-corrected chi connectivity index (χ2v) is 10.2. The van der Waals surface area contributed by atoms with Crippen LogP contribution < -0.4 is 15.3 Å². The molecule has 0 radical (unpaired) electrons. The minimum atomic E-state index is -0.740. The minimum Gasteiger partial charge on any atom is -0.627 e. The molecular formula is C29H31ClN4O3. The molecule has 0 saturated carbocycles. The van der Waals surface area contributed by atoms with E-state index in [-0.39, 0.29) is 24.9 Å². The van der Waals surface area contributed by atoms with Gasteiger partial charge in [-0.05, 0) is 47.4 Å². The van der Waals surface area contributed by atoms with Crippen molar-refractivity contribution in [1.29, 1.82) is 0 Å². The highest BCUT2D eigenvalue weighted by Crippen LogP contribution is 2.24. The van der Waals surface area contributed by atoms with Gasteiger partial charge in [0.15, 0.2) is 0 Å². The van der Waals surface area contributed by atoms with Gasteiger partial charge in [0.25, 0.3) is 0 Å². The van der Waals surface area contributed by atoms with Gasteiger partial charge in [0.05, 0.1) is 19.1 Å². The Morgan fingerprint density at radius 2 is 1.62 bits per heavy atom. The third kappa shape index (κ3) is 5.86. The van der Waals surface area contributed by atoms with Gasteiger partial charge in [0.1, 0.15) is 24.8 Å². The lowest BCUT2D eigenvalue weighted by Gasteiger charge is -2.48. The van der Waals surface area contributed by atoms with Crippen molar-refractivity contribution < 1.29 is 9.59 Å². The molecule has 8 heteroatoms. The predicted octanol–water partition coefficient (Wildman–Crippen LogP) is 3.43. The van der Waals surface area contributed by atoms with Gasteiger partial charge in [-0.3, -0.25) is 9.59 Å². The number of rotatable bonds is 6. The lowest BCUT2D eigenvalue weighted by Crippen LogP contribution is -2.62. The van der Waals surface area contributed by atoms with Crippen molar-refractivity contribution in [2.24, 2.45) is 0 Å². The molecular weight excluding hydrogens is 488 g/mol. The summed E-state index contributed by atoms with van der Waals surface area (Å²) in [6, 6.07) is 23.5. The minimum absolute atomic E-state index is 0.168. The van der Waals surface area contributed by atoms with Crippen LogP contribution in [0.3, 0.4) is 0 Å². The largest absolute Gasteiger partial charge is 0.627 e. The second-order valence-electron chi connectivity index (χ2n) is 9.80. The first-order chi connectivity index (χ1) is 17.9. The summed E-state index contributed by atoms with van der Waals surface area (Å²) in [5.41, 5.74) is 3.93. The van der Waals surface area contributed by atoms with Gasteiger partial charge in [-0.15, -0.1) is 0 Å². The number of para-hydroxylation sites is 1. The number of amides is 2. The summed E-state index contributed by atoms with van der Waals surface area (Å²) < 4.78 is -0.454. The molecule has 0 aromatic heterocycles. The van der Waals surface area contributed by atoms with Crippen molar-refractivity contribution in [2.45, 2.75) is 31.5 Å². The third-order valence-corrected chi connectivity index (χ3v) is 7.62. The number of benzene rings is 3. The number of carbonyl (C=O) groups excluding carboxylic acids is 2. The standard InChI is InChI=1S/C29H31ClN4O3/c30-24-12-10-21(11-13-24)18-27(32-28(35)26-19-22-6-4-5-7-23(22)20-31-26)29(36)33-14-16-34(37,17-15-33)25-8-2-1-3-9-25/h1-13,26-27,31H,14-20H2,(H,32,35)/t26-,27-/m1/s1. The zero-order valence-electron chi connectivity index (χ0n) is 20.6. The molecule has 192 valence electrons. The van der Waals surface area contributed by atoms with Gasteiger partial charge in [-0.2, -0.15) is 0 Å². The molecule has 7 nitrogen and oxygen atoms in total. The van der Waals surface area contributed by atoms with Crippen LogP contribution in [0.1, 0.15) is 16.7 Å². The molecule has 2 amide bonds. The van der Waals surface area contributed by atoms with Gasteiger partial charge in [0, 0.05) is 18.0 Å². The molecule has 0 unspecified atom stereocenters. The summed E-state index contributed by atoms with van der Waals surface area (Å²) >= 11 is 6.05. The monoisotopic (exact) mass is 518 g/mol. The van der Waals surface area contributed by atoms with E-state index in [4.69, 9.17) is 11.6 Å². The van der Waals surface area contributed by atoms with Crippen molar-refractivity contribution in [1.82, 2.24) is 20.2 Å². The zero-order chi connectivity index (χ0) is 25.8. The van der Waals surface area contributed by atoms with E-state index in [0.29, 0.717) is 43.2 Å². The molecule has 1 saturated heterocycles. The molecule has 2 aliphatic heterocycles. The number of halogens is 1. The fourth-order valence-electron chi connectivity index (χ4n) is 5.16. The van der Waals surface area contributed by atoms with E-state index in [0.717, 1.165) is 11.1 Å². The molecule has 2 N–H and O–H groups in total. The first kappa shape index (κ1) is 25.4. The molecule has 3 aromatic carbocycles. The summed E-state index contributed by atoms with van der Waals surface area (Å²) in [7, 11) is 0. The number of quaternary nitrogens is 1. The molecule has 0 spiro atoms. The highest BCUT2D eigenvalue weighted by molar-refractivity contribution is 6.30. The maximum Gasteiger partial charge on any atom is 0.245 e. The molecule has 5 rings (SSSR count). The highest BCUT2D eigenvalue weighted by atomic mass is 35.5. The van der Waals surface area contributed by atoms with E-state index in [1.54, 1.807) is 17.0 Å². The number of hydrogen-bond acceptors (Lipinski definition) is 4. The summed E-state index contributed by atoms with van der Waals surface area (Å²) in [6.07, 6.45) is 0.915. The van der Waals surface area contributed by atoms with Gasteiger partial charge in [-0.25, -0.2) is 0 Å². The van der Waals surface area contributed by atoms with Crippen LogP contribution in [0.15, 0.2) is 78.9 Å². The van der Waals surface area contributed by atoms with Crippen LogP contribution in [0.5, 0.6) is 0 Å². The van der Waals surface area contributed by atoms with Crippen molar-refractivity contribution >= 4 is 29.1 Å². The van der Waals surface area contributed by atoms with Crippen molar-refractivity contribution in [3.63, 3.8) is 0 Å². The summed E-state index contributed by atoms with van der Waals surface area (Å²) in [5.74, 6) is -0.365. The van der Waals surface area contributed by atoms with E-state index in [9.17, 15) is 14.8 Å². The van der Waals surface area contributed by atoms with E-state index in [2.05, 4.69) is 16.7 Å².